The van der Waals surface area contributed by atoms with E-state index in [1.165, 1.54) is 18.2 Å². The summed E-state index contributed by atoms with van der Waals surface area (Å²) in [6, 6.07) is 5.97. The lowest BCUT2D eigenvalue weighted by Gasteiger charge is -2.14. The molecule has 0 aliphatic heterocycles. The summed E-state index contributed by atoms with van der Waals surface area (Å²) in [5.74, 6) is -2.31. The Bertz CT molecular complexity index is 447. The van der Waals surface area contributed by atoms with Crippen LogP contribution in [0.4, 0.5) is 4.39 Å². The number of nitrogens with zero attached hydrogens (tertiary/aromatic N) is 1. The van der Waals surface area contributed by atoms with Crippen molar-refractivity contribution in [1.29, 1.82) is 5.26 Å². The van der Waals surface area contributed by atoms with Gasteiger partial charge in [0.25, 0.3) is 0 Å². The van der Waals surface area contributed by atoms with Crippen LogP contribution in [0, 0.1) is 23.1 Å². The van der Waals surface area contributed by atoms with Gasteiger partial charge in [-0.1, -0.05) is 31.5 Å². The van der Waals surface area contributed by atoms with Crippen molar-refractivity contribution < 1.29 is 9.18 Å². The van der Waals surface area contributed by atoms with Gasteiger partial charge in [-0.05, 0) is 18.6 Å². The molecule has 17 heavy (non-hydrogen) atoms. The standard InChI is InChI=1S/C13H13ClFNO/c1-3-8(2)13(17)9(7-16)12-10(14)5-4-6-11(12)15/h4-6,8-9H,3H2,1-2H3. The van der Waals surface area contributed by atoms with E-state index < -0.39 is 11.7 Å². The highest BCUT2D eigenvalue weighted by Crippen LogP contribution is 2.30. The zero-order valence-electron chi connectivity index (χ0n) is 9.71. The van der Waals surface area contributed by atoms with Gasteiger partial charge >= 0.3 is 0 Å². The van der Waals surface area contributed by atoms with E-state index >= 15 is 0 Å². The van der Waals surface area contributed by atoms with Gasteiger partial charge in [0.15, 0.2) is 5.78 Å². The monoisotopic (exact) mass is 253 g/mol. The van der Waals surface area contributed by atoms with Crippen molar-refractivity contribution in [2.75, 3.05) is 0 Å². The van der Waals surface area contributed by atoms with Crippen molar-refractivity contribution in [3.05, 3.63) is 34.6 Å². The highest BCUT2D eigenvalue weighted by Gasteiger charge is 2.28. The highest BCUT2D eigenvalue weighted by atomic mass is 35.5. The molecule has 0 bridgehead atoms. The van der Waals surface area contributed by atoms with Crippen LogP contribution in [-0.2, 0) is 4.79 Å². The second-order valence-corrected chi connectivity index (χ2v) is 4.32. The molecule has 0 fully saturated rings. The molecule has 1 aromatic carbocycles. The van der Waals surface area contributed by atoms with Crippen molar-refractivity contribution >= 4 is 17.4 Å². The van der Waals surface area contributed by atoms with Crippen LogP contribution in [0.15, 0.2) is 18.2 Å². The Hall–Kier alpha value is -1.40. The maximum atomic E-state index is 13.6. The Balaban J connectivity index is 3.20. The third kappa shape index (κ3) is 2.83. The topological polar surface area (TPSA) is 40.9 Å². The zero-order chi connectivity index (χ0) is 13.0. The first-order valence-corrected chi connectivity index (χ1v) is 5.78. The molecule has 1 aromatic rings. The Morgan fingerprint density at radius 3 is 2.71 bits per heavy atom. The number of nitriles is 1. The Morgan fingerprint density at radius 2 is 2.24 bits per heavy atom. The molecule has 1 rings (SSSR count). The molecule has 0 saturated heterocycles. The summed E-state index contributed by atoms with van der Waals surface area (Å²) >= 11 is 5.85. The van der Waals surface area contributed by atoms with Gasteiger partial charge in [0.1, 0.15) is 11.7 Å². The molecule has 4 heteroatoms. The molecule has 0 amide bonds. The normalized spacial score (nSPS) is 13.8. The minimum absolute atomic E-state index is 0.0121. The molecule has 90 valence electrons. The van der Waals surface area contributed by atoms with Crippen molar-refractivity contribution in [2.45, 2.75) is 26.2 Å². The molecule has 0 spiro atoms. The first-order valence-electron chi connectivity index (χ1n) is 5.40. The van der Waals surface area contributed by atoms with Gasteiger partial charge in [-0.15, -0.1) is 0 Å². The third-order valence-corrected chi connectivity index (χ3v) is 3.13. The molecule has 2 atom stereocenters. The van der Waals surface area contributed by atoms with E-state index in [2.05, 4.69) is 0 Å². The molecule has 0 N–H and O–H groups in total. The van der Waals surface area contributed by atoms with Crippen molar-refractivity contribution in [2.24, 2.45) is 5.92 Å². The van der Waals surface area contributed by atoms with Gasteiger partial charge < -0.3 is 0 Å². The van der Waals surface area contributed by atoms with Crippen LogP contribution < -0.4 is 0 Å². The summed E-state index contributed by atoms with van der Waals surface area (Å²) in [5, 5.41) is 9.17. The van der Waals surface area contributed by atoms with Gasteiger partial charge in [0, 0.05) is 16.5 Å². The second-order valence-electron chi connectivity index (χ2n) is 3.91. The fraction of sp³-hybridized carbons (Fsp3) is 0.385. The van der Waals surface area contributed by atoms with Gasteiger partial charge in [-0.25, -0.2) is 4.39 Å². The van der Waals surface area contributed by atoms with Gasteiger partial charge in [-0.2, -0.15) is 5.26 Å². The van der Waals surface area contributed by atoms with Crippen LogP contribution in [0.25, 0.3) is 0 Å². The summed E-state index contributed by atoms with van der Waals surface area (Å²) in [6.07, 6.45) is 0.614. The molecular formula is C13H13ClFNO. The average Bonchev–Trinajstić information content (AvgIpc) is 2.32. The third-order valence-electron chi connectivity index (χ3n) is 2.80. The van der Waals surface area contributed by atoms with Gasteiger partial charge in [0.05, 0.1) is 6.07 Å². The number of rotatable bonds is 4. The maximum absolute atomic E-state index is 13.6. The van der Waals surface area contributed by atoms with E-state index in [4.69, 9.17) is 16.9 Å². The first kappa shape index (κ1) is 13.7. The molecule has 0 aromatic heterocycles. The van der Waals surface area contributed by atoms with Crippen LogP contribution in [0.5, 0.6) is 0 Å². The smallest absolute Gasteiger partial charge is 0.157 e. The lowest BCUT2D eigenvalue weighted by atomic mass is 9.87. The quantitative estimate of drug-likeness (QED) is 0.821. The number of ketones is 1. The number of carbonyl (C=O) groups excluding carboxylic acids is 1. The van der Waals surface area contributed by atoms with Crippen molar-refractivity contribution in [3.63, 3.8) is 0 Å². The van der Waals surface area contributed by atoms with E-state index in [9.17, 15) is 9.18 Å². The van der Waals surface area contributed by atoms with Gasteiger partial charge in [0.2, 0.25) is 0 Å². The number of benzene rings is 1. The second kappa shape index (κ2) is 5.79. The molecule has 0 saturated carbocycles. The Labute approximate surface area is 105 Å². The predicted molar refractivity (Wildman–Crippen MR) is 64.2 cm³/mol. The Kier molecular flexibility index (Phi) is 4.65. The van der Waals surface area contributed by atoms with Gasteiger partial charge in [-0.3, -0.25) is 4.79 Å². The van der Waals surface area contributed by atoms with E-state index in [1.54, 1.807) is 6.92 Å². The molecule has 0 aliphatic rings. The lowest BCUT2D eigenvalue weighted by Crippen LogP contribution is -2.19. The van der Waals surface area contributed by atoms with E-state index in [1.807, 2.05) is 13.0 Å². The van der Waals surface area contributed by atoms with Crippen LogP contribution in [0.1, 0.15) is 31.7 Å². The highest BCUT2D eigenvalue weighted by molar-refractivity contribution is 6.31. The fourth-order valence-electron chi connectivity index (χ4n) is 1.54. The van der Waals surface area contributed by atoms with Crippen molar-refractivity contribution in [1.82, 2.24) is 0 Å². The molecule has 0 aliphatic carbocycles. The number of Topliss-reactive ketones (excluding diaryl/α,β-unsaturated/α-hetero) is 1. The van der Waals surface area contributed by atoms with Crippen molar-refractivity contribution in [3.8, 4) is 6.07 Å². The van der Waals surface area contributed by atoms with Crippen LogP contribution in [0.2, 0.25) is 5.02 Å². The van der Waals surface area contributed by atoms with Crippen LogP contribution in [0.3, 0.4) is 0 Å². The fourth-order valence-corrected chi connectivity index (χ4v) is 1.81. The van der Waals surface area contributed by atoms with E-state index in [0.29, 0.717) is 6.42 Å². The lowest BCUT2D eigenvalue weighted by molar-refractivity contribution is -0.122. The number of hydrogen-bond donors (Lipinski definition) is 0. The minimum Gasteiger partial charge on any atom is -0.298 e. The SMILES string of the molecule is CCC(C)C(=O)C(C#N)c1c(F)cccc1Cl. The van der Waals surface area contributed by atoms with E-state index in [0.717, 1.165) is 0 Å². The number of hydrogen-bond acceptors (Lipinski definition) is 2. The number of carbonyl (C=O) groups is 1. The average molecular weight is 254 g/mol. The number of halogens is 2. The zero-order valence-corrected chi connectivity index (χ0v) is 10.5. The summed E-state index contributed by atoms with van der Waals surface area (Å²) in [7, 11) is 0. The molecule has 2 unspecified atom stereocenters. The molecule has 0 radical (unpaired) electrons. The summed E-state index contributed by atoms with van der Waals surface area (Å²) in [4.78, 5) is 12.0. The predicted octanol–water partition coefficient (Wildman–Crippen LogP) is 3.70. The maximum Gasteiger partial charge on any atom is 0.157 e. The minimum atomic E-state index is -1.13. The van der Waals surface area contributed by atoms with Crippen LogP contribution in [-0.4, -0.2) is 5.78 Å². The Morgan fingerprint density at radius 1 is 1.59 bits per heavy atom. The molecule has 0 heterocycles. The van der Waals surface area contributed by atoms with E-state index in [-0.39, 0.29) is 22.3 Å². The molecular weight excluding hydrogens is 241 g/mol. The van der Waals surface area contributed by atoms with Crippen LogP contribution >= 0.6 is 11.6 Å². The summed E-state index contributed by atoms with van der Waals surface area (Å²) in [6.45, 7) is 3.57. The summed E-state index contributed by atoms with van der Waals surface area (Å²) < 4.78 is 13.6. The molecule has 2 nitrogen and oxygen atoms in total. The first-order chi connectivity index (χ1) is 8.02. The summed E-state index contributed by atoms with van der Waals surface area (Å²) in [5.41, 5.74) is -0.0121. The largest absolute Gasteiger partial charge is 0.298 e.